The molecule has 0 fully saturated rings. The van der Waals surface area contributed by atoms with Gasteiger partial charge < -0.3 is 9.47 Å². The van der Waals surface area contributed by atoms with Gasteiger partial charge in [0.2, 0.25) is 5.88 Å². The van der Waals surface area contributed by atoms with Gasteiger partial charge in [-0.3, -0.25) is 9.55 Å². The minimum Gasteiger partial charge on any atom is -0.473 e. The van der Waals surface area contributed by atoms with Crippen LogP contribution in [0, 0.1) is 13.8 Å². The summed E-state index contributed by atoms with van der Waals surface area (Å²) in [5.74, 6) is 1.80. The largest absolute Gasteiger partial charge is 0.473 e. The van der Waals surface area contributed by atoms with Gasteiger partial charge >= 0.3 is 0 Å². The maximum absolute atomic E-state index is 5.97. The fourth-order valence-corrected chi connectivity index (χ4v) is 2.20. The molecule has 0 aliphatic rings. The van der Waals surface area contributed by atoms with Crippen molar-refractivity contribution in [1.29, 1.82) is 0 Å². The van der Waals surface area contributed by atoms with Crippen LogP contribution in [0.15, 0.2) is 36.8 Å². The van der Waals surface area contributed by atoms with Gasteiger partial charge in [0, 0.05) is 6.20 Å². The van der Waals surface area contributed by atoms with E-state index < -0.39 is 0 Å². The van der Waals surface area contributed by atoms with E-state index in [1.807, 2.05) is 13.8 Å². The van der Waals surface area contributed by atoms with Crippen LogP contribution in [-0.2, 0) is 6.73 Å². The van der Waals surface area contributed by atoms with Gasteiger partial charge in [0.25, 0.3) is 0 Å². The zero-order chi connectivity index (χ0) is 17.1. The Labute approximate surface area is 149 Å². The molecule has 3 aromatic rings. The molecule has 24 heavy (non-hydrogen) atoms. The number of rotatable bonds is 5. The van der Waals surface area contributed by atoms with Gasteiger partial charge in [0.05, 0.1) is 11.4 Å². The number of imidazole rings is 1. The lowest BCUT2D eigenvalue weighted by molar-refractivity contribution is 0.236. The Kier molecular flexibility index (Phi) is 4.87. The molecule has 0 unspecified atom stereocenters. The number of benzene rings is 1. The van der Waals surface area contributed by atoms with E-state index in [2.05, 4.69) is 15.0 Å². The van der Waals surface area contributed by atoms with Crippen molar-refractivity contribution in [3.63, 3.8) is 0 Å². The predicted octanol–water partition coefficient (Wildman–Crippen LogP) is 4.43. The number of halogens is 2. The summed E-state index contributed by atoms with van der Waals surface area (Å²) in [5.41, 5.74) is 1.53. The van der Waals surface area contributed by atoms with Gasteiger partial charge in [-0.2, -0.15) is 0 Å². The van der Waals surface area contributed by atoms with Crippen molar-refractivity contribution in [1.82, 2.24) is 19.5 Å². The van der Waals surface area contributed by atoms with Crippen LogP contribution in [-0.4, -0.2) is 19.5 Å². The summed E-state index contributed by atoms with van der Waals surface area (Å²) >= 11 is 11.8. The molecule has 0 atom stereocenters. The minimum absolute atomic E-state index is 0.210. The third-order valence-corrected chi connectivity index (χ3v) is 3.94. The molecule has 1 aromatic carbocycles. The molecule has 6 nitrogen and oxygen atoms in total. The smallest absolute Gasteiger partial charge is 0.241 e. The average molecular weight is 365 g/mol. The second-order valence-corrected chi connectivity index (χ2v) is 5.76. The molecule has 0 bridgehead atoms. The standard InChI is InChI=1S/C16H14Cl2N4O2/c1-10-7-19-11(2)16(21-10)24-13-5-3-12(4-6-13)23-9-22-8-20-14(17)15(22)18/h3-8H,9H2,1-2H3. The summed E-state index contributed by atoms with van der Waals surface area (Å²) in [6.07, 6.45) is 3.22. The minimum atomic E-state index is 0.210. The van der Waals surface area contributed by atoms with Crippen molar-refractivity contribution in [2.75, 3.05) is 0 Å². The summed E-state index contributed by atoms with van der Waals surface area (Å²) < 4.78 is 13.0. The molecule has 0 aliphatic carbocycles. The Balaban J connectivity index is 1.65. The van der Waals surface area contributed by atoms with E-state index in [-0.39, 0.29) is 11.9 Å². The molecule has 3 rings (SSSR count). The molecule has 8 heteroatoms. The Morgan fingerprint density at radius 3 is 2.42 bits per heavy atom. The van der Waals surface area contributed by atoms with Crippen LogP contribution in [0.25, 0.3) is 0 Å². The first kappa shape index (κ1) is 16.5. The normalized spacial score (nSPS) is 10.7. The summed E-state index contributed by atoms with van der Waals surface area (Å²) in [6, 6.07) is 7.17. The molecule has 0 saturated carbocycles. The molecule has 2 heterocycles. The van der Waals surface area contributed by atoms with Gasteiger partial charge in [-0.15, -0.1) is 0 Å². The van der Waals surface area contributed by atoms with E-state index in [0.29, 0.717) is 22.5 Å². The molecule has 0 saturated heterocycles. The van der Waals surface area contributed by atoms with Crippen LogP contribution in [0.3, 0.4) is 0 Å². The average Bonchev–Trinajstić information content (AvgIpc) is 2.89. The van der Waals surface area contributed by atoms with Crippen molar-refractivity contribution in [3.05, 3.63) is 58.5 Å². The van der Waals surface area contributed by atoms with Crippen LogP contribution in [0.2, 0.25) is 10.3 Å². The third-order valence-electron chi connectivity index (χ3n) is 3.17. The highest BCUT2D eigenvalue weighted by molar-refractivity contribution is 6.40. The maximum Gasteiger partial charge on any atom is 0.241 e. The Hall–Kier alpha value is -2.31. The van der Waals surface area contributed by atoms with Crippen molar-refractivity contribution in [3.8, 4) is 17.4 Å². The lowest BCUT2D eigenvalue weighted by Crippen LogP contribution is -2.03. The molecule has 0 N–H and O–H groups in total. The Morgan fingerprint density at radius 2 is 1.75 bits per heavy atom. The van der Waals surface area contributed by atoms with Crippen molar-refractivity contribution >= 4 is 23.2 Å². The lowest BCUT2D eigenvalue weighted by Gasteiger charge is -2.10. The molecule has 0 aliphatic heterocycles. The second kappa shape index (κ2) is 7.07. The van der Waals surface area contributed by atoms with Crippen LogP contribution < -0.4 is 9.47 Å². The Morgan fingerprint density at radius 1 is 1.04 bits per heavy atom. The zero-order valence-electron chi connectivity index (χ0n) is 13.0. The fraction of sp³-hybridized carbons (Fsp3) is 0.188. The van der Waals surface area contributed by atoms with Gasteiger partial charge in [0.15, 0.2) is 17.0 Å². The van der Waals surface area contributed by atoms with Gasteiger partial charge in [-0.1, -0.05) is 23.2 Å². The molecule has 124 valence electrons. The second-order valence-electron chi connectivity index (χ2n) is 5.04. The SMILES string of the molecule is Cc1cnc(C)c(Oc2ccc(OCn3cnc(Cl)c3Cl)cc2)n1. The van der Waals surface area contributed by atoms with Crippen LogP contribution >= 0.6 is 23.2 Å². The molecule has 0 radical (unpaired) electrons. The third kappa shape index (κ3) is 3.77. The van der Waals surface area contributed by atoms with Gasteiger partial charge in [0.1, 0.15) is 17.8 Å². The van der Waals surface area contributed by atoms with E-state index in [0.717, 1.165) is 11.4 Å². The lowest BCUT2D eigenvalue weighted by atomic mass is 10.3. The molecular formula is C16H14Cl2N4O2. The Bertz CT molecular complexity index is 850. The zero-order valence-corrected chi connectivity index (χ0v) is 14.5. The molecule has 0 spiro atoms. The summed E-state index contributed by atoms with van der Waals surface area (Å²) in [5, 5.41) is 0.587. The number of ether oxygens (including phenoxy) is 2. The highest BCUT2D eigenvalue weighted by Gasteiger charge is 2.07. The summed E-state index contributed by atoms with van der Waals surface area (Å²) in [6.45, 7) is 3.92. The summed E-state index contributed by atoms with van der Waals surface area (Å²) in [7, 11) is 0. The molecule has 2 aromatic heterocycles. The van der Waals surface area contributed by atoms with E-state index in [1.165, 1.54) is 6.33 Å². The number of nitrogens with zero attached hydrogens (tertiary/aromatic N) is 4. The van der Waals surface area contributed by atoms with E-state index in [4.69, 9.17) is 32.7 Å². The highest BCUT2D eigenvalue weighted by Crippen LogP contribution is 2.25. The van der Waals surface area contributed by atoms with E-state index >= 15 is 0 Å². The number of aromatic nitrogens is 4. The first-order valence-electron chi connectivity index (χ1n) is 7.10. The van der Waals surface area contributed by atoms with E-state index in [9.17, 15) is 0 Å². The number of aryl methyl sites for hydroxylation is 2. The fourth-order valence-electron chi connectivity index (χ4n) is 1.90. The van der Waals surface area contributed by atoms with Crippen molar-refractivity contribution < 1.29 is 9.47 Å². The van der Waals surface area contributed by atoms with Crippen LogP contribution in [0.4, 0.5) is 0 Å². The number of hydrogen-bond donors (Lipinski definition) is 0. The molecule has 0 amide bonds. The van der Waals surface area contributed by atoms with Gasteiger partial charge in [-0.05, 0) is 38.1 Å². The highest BCUT2D eigenvalue weighted by atomic mass is 35.5. The monoisotopic (exact) mass is 364 g/mol. The first-order valence-corrected chi connectivity index (χ1v) is 7.85. The number of hydrogen-bond acceptors (Lipinski definition) is 5. The van der Waals surface area contributed by atoms with Gasteiger partial charge in [-0.25, -0.2) is 9.97 Å². The van der Waals surface area contributed by atoms with Crippen LogP contribution in [0.5, 0.6) is 17.4 Å². The van der Waals surface area contributed by atoms with Crippen molar-refractivity contribution in [2.24, 2.45) is 0 Å². The molecular weight excluding hydrogens is 351 g/mol. The van der Waals surface area contributed by atoms with E-state index in [1.54, 1.807) is 35.0 Å². The topological polar surface area (TPSA) is 62.1 Å². The first-order chi connectivity index (χ1) is 11.5. The van der Waals surface area contributed by atoms with Crippen LogP contribution in [0.1, 0.15) is 11.4 Å². The quantitative estimate of drug-likeness (QED) is 0.670. The predicted molar refractivity (Wildman–Crippen MR) is 90.9 cm³/mol. The summed E-state index contributed by atoms with van der Waals surface area (Å²) in [4.78, 5) is 12.4. The van der Waals surface area contributed by atoms with Crippen molar-refractivity contribution in [2.45, 2.75) is 20.6 Å². The maximum atomic E-state index is 5.97.